The Morgan fingerprint density at radius 2 is 2.00 bits per heavy atom. The summed E-state index contributed by atoms with van der Waals surface area (Å²) in [5, 5.41) is 2.95. The van der Waals surface area contributed by atoms with Crippen molar-refractivity contribution >= 4 is 28.8 Å². The smallest absolute Gasteiger partial charge is 0.263 e. The molecule has 0 radical (unpaired) electrons. The Balaban J connectivity index is 1.39. The van der Waals surface area contributed by atoms with Crippen LogP contribution >= 0.6 is 11.3 Å². The number of rotatable bonds is 4. The van der Waals surface area contributed by atoms with Gasteiger partial charge in [0, 0.05) is 42.8 Å². The van der Waals surface area contributed by atoms with Crippen LogP contribution in [0.1, 0.15) is 27.4 Å². The highest BCUT2D eigenvalue weighted by molar-refractivity contribution is 7.13. The Bertz CT molecular complexity index is 952. The van der Waals surface area contributed by atoms with Crippen LogP contribution in [-0.4, -0.2) is 73.7 Å². The van der Waals surface area contributed by atoms with Gasteiger partial charge in [-0.15, -0.1) is 11.3 Å². The summed E-state index contributed by atoms with van der Waals surface area (Å²) in [6.45, 7) is 4.57. The van der Waals surface area contributed by atoms with Gasteiger partial charge >= 0.3 is 0 Å². The second-order valence-electron chi connectivity index (χ2n) is 8.41. The second-order valence-corrected chi connectivity index (χ2v) is 9.70. The number of carbonyl (C=O) groups excluding carboxylic acids is 2. The molecule has 1 aromatic heterocycles. The first kappa shape index (κ1) is 21.8. The summed E-state index contributed by atoms with van der Waals surface area (Å²) in [4.78, 5) is 31.7. The van der Waals surface area contributed by atoms with Gasteiger partial charge < -0.3 is 24.6 Å². The molecule has 0 aliphatic carbocycles. The Labute approximate surface area is 186 Å². The summed E-state index contributed by atoms with van der Waals surface area (Å²) in [7, 11) is 3.61. The second kappa shape index (κ2) is 8.98. The molecule has 0 bridgehead atoms. The number of nitrogens with zero attached hydrogens (tertiary/aromatic N) is 2. The maximum absolute atomic E-state index is 12.9. The number of thiophene rings is 1. The highest BCUT2D eigenvalue weighted by Gasteiger charge is 2.44. The van der Waals surface area contributed by atoms with Crippen LogP contribution in [0.25, 0.3) is 0 Å². The number of piperidine rings is 1. The van der Waals surface area contributed by atoms with E-state index in [1.807, 2.05) is 49.2 Å². The molecule has 3 heterocycles. The fourth-order valence-electron chi connectivity index (χ4n) is 4.37. The molecule has 1 spiro atoms. The quantitative estimate of drug-likeness (QED) is 0.787. The van der Waals surface area contributed by atoms with Crippen LogP contribution < -0.4 is 10.1 Å². The Morgan fingerprint density at radius 1 is 1.23 bits per heavy atom. The van der Waals surface area contributed by atoms with Crippen molar-refractivity contribution in [3.63, 3.8) is 0 Å². The standard InChI is InChI=1S/C23H29N3O4S/c1-16-7-8-20(31-16)22(28)26-11-9-23(10-12-26)15-25(2)14-19(30-23)21(27)24-17-5-4-6-18(13-17)29-3/h4-8,13,19H,9-12,14-15H2,1-3H3,(H,24,27). The summed E-state index contributed by atoms with van der Waals surface area (Å²) >= 11 is 1.53. The lowest BCUT2D eigenvalue weighted by Crippen LogP contribution is -2.61. The monoisotopic (exact) mass is 443 g/mol. The van der Waals surface area contributed by atoms with E-state index < -0.39 is 11.7 Å². The molecule has 2 amide bonds. The van der Waals surface area contributed by atoms with E-state index in [9.17, 15) is 9.59 Å². The number of methoxy groups -OCH3 is 1. The van der Waals surface area contributed by atoms with Gasteiger partial charge in [-0.1, -0.05) is 6.07 Å². The maximum atomic E-state index is 12.9. The van der Waals surface area contributed by atoms with E-state index in [0.29, 0.717) is 31.1 Å². The number of aryl methyl sites for hydroxylation is 1. The molecule has 2 fully saturated rings. The third-order valence-corrected chi connectivity index (χ3v) is 6.96. The van der Waals surface area contributed by atoms with Gasteiger partial charge in [-0.05, 0) is 51.1 Å². The van der Waals surface area contributed by atoms with Gasteiger partial charge in [-0.25, -0.2) is 0 Å². The van der Waals surface area contributed by atoms with E-state index >= 15 is 0 Å². The predicted octanol–water partition coefficient (Wildman–Crippen LogP) is 3.01. The van der Waals surface area contributed by atoms with Crippen molar-refractivity contribution in [3.05, 3.63) is 46.2 Å². The number of likely N-dealkylation sites (N-methyl/N-ethyl adjacent to an activating group) is 1. The van der Waals surface area contributed by atoms with E-state index in [-0.39, 0.29) is 11.8 Å². The normalized spacial score (nSPS) is 21.1. The number of ether oxygens (including phenoxy) is 2. The number of benzene rings is 1. The van der Waals surface area contributed by atoms with Crippen LogP contribution in [0, 0.1) is 6.92 Å². The largest absolute Gasteiger partial charge is 0.497 e. The first-order valence-corrected chi connectivity index (χ1v) is 11.4. The molecule has 2 aliphatic heterocycles. The minimum atomic E-state index is -0.563. The van der Waals surface area contributed by atoms with Crippen LogP contribution in [0.2, 0.25) is 0 Å². The molecule has 4 rings (SSSR count). The van der Waals surface area contributed by atoms with Crippen molar-refractivity contribution in [1.29, 1.82) is 0 Å². The van der Waals surface area contributed by atoms with Crippen LogP contribution in [0.4, 0.5) is 5.69 Å². The molecule has 7 nitrogen and oxygen atoms in total. The van der Waals surface area contributed by atoms with Gasteiger partial charge in [0.15, 0.2) is 0 Å². The van der Waals surface area contributed by atoms with Crippen LogP contribution in [0.15, 0.2) is 36.4 Å². The number of morpholine rings is 1. The fourth-order valence-corrected chi connectivity index (χ4v) is 5.21. The minimum Gasteiger partial charge on any atom is -0.497 e. The summed E-state index contributed by atoms with van der Waals surface area (Å²) in [5.74, 6) is 0.616. The van der Waals surface area contributed by atoms with Crippen molar-refractivity contribution in [1.82, 2.24) is 9.80 Å². The molecule has 1 unspecified atom stereocenters. The summed E-state index contributed by atoms with van der Waals surface area (Å²) in [6, 6.07) is 11.2. The lowest BCUT2D eigenvalue weighted by Gasteiger charge is -2.48. The SMILES string of the molecule is COc1cccc(NC(=O)C2CN(C)CC3(CCN(C(=O)c4ccc(C)s4)CC3)O2)c1. The van der Waals surface area contributed by atoms with Gasteiger partial charge in [0.1, 0.15) is 11.9 Å². The Morgan fingerprint density at radius 3 is 2.68 bits per heavy atom. The number of hydrogen-bond donors (Lipinski definition) is 1. The zero-order chi connectivity index (χ0) is 22.0. The van der Waals surface area contributed by atoms with Crippen molar-refractivity contribution in [2.24, 2.45) is 0 Å². The lowest BCUT2D eigenvalue weighted by molar-refractivity contribution is -0.176. The molecule has 2 aromatic rings. The number of likely N-dealkylation sites (tertiary alicyclic amines) is 1. The third kappa shape index (κ3) is 4.92. The highest BCUT2D eigenvalue weighted by atomic mass is 32.1. The van der Waals surface area contributed by atoms with E-state index in [0.717, 1.165) is 29.1 Å². The van der Waals surface area contributed by atoms with Crippen molar-refractivity contribution in [3.8, 4) is 5.75 Å². The zero-order valence-electron chi connectivity index (χ0n) is 18.2. The molecule has 8 heteroatoms. The zero-order valence-corrected chi connectivity index (χ0v) is 19.0. The maximum Gasteiger partial charge on any atom is 0.263 e. The first-order chi connectivity index (χ1) is 14.9. The number of carbonyl (C=O) groups is 2. The molecular weight excluding hydrogens is 414 g/mol. The Hall–Kier alpha value is -2.42. The number of amides is 2. The van der Waals surface area contributed by atoms with Gasteiger partial charge in [0.25, 0.3) is 11.8 Å². The van der Waals surface area contributed by atoms with Gasteiger partial charge in [0.05, 0.1) is 17.6 Å². The molecule has 1 aromatic carbocycles. The summed E-state index contributed by atoms with van der Waals surface area (Å²) in [6.07, 6.45) is 0.874. The van der Waals surface area contributed by atoms with E-state index in [4.69, 9.17) is 9.47 Å². The molecule has 1 N–H and O–H groups in total. The average molecular weight is 444 g/mol. The Kier molecular flexibility index (Phi) is 6.31. The van der Waals surface area contributed by atoms with Crippen LogP contribution in [0.3, 0.4) is 0 Å². The predicted molar refractivity (Wildman–Crippen MR) is 121 cm³/mol. The van der Waals surface area contributed by atoms with E-state index in [1.165, 1.54) is 11.3 Å². The van der Waals surface area contributed by atoms with Gasteiger partial charge in [0.2, 0.25) is 0 Å². The van der Waals surface area contributed by atoms with Crippen molar-refractivity contribution < 1.29 is 19.1 Å². The number of anilines is 1. The van der Waals surface area contributed by atoms with Crippen LogP contribution in [0.5, 0.6) is 5.75 Å². The molecule has 166 valence electrons. The first-order valence-electron chi connectivity index (χ1n) is 10.5. The van der Waals surface area contributed by atoms with Gasteiger partial charge in [-0.3, -0.25) is 9.59 Å². The van der Waals surface area contributed by atoms with E-state index in [2.05, 4.69) is 10.2 Å². The minimum absolute atomic E-state index is 0.0874. The number of nitrogens with one attached hydrogen (secondary N) is 1. The summed E-state index contributed by atoms with van der Waals surface area (Å²) < 4.78 is 11.6. The van der Waals surface area contributed by atoms with Crippen molar-refractivity contribution in [2.75, 3.05) is 45.7 Å². The molecule has 2 aliphatic rings. The molecule has 2 saturated heterocycles. The van der Waals surface area contributed by atoms with E-state index in [1.54, 1.807) is 13.2 Å². The van der Waals surface area contributed by atoms with Crippen molar-refractivity contribution in [2.45, 2.75) is 31.5 Å². The van der Waals surface area contributed by atoms with Crippen LogP contribution in [-0.2, 0) is 9.53 Å². The molecule has 31 heavy (non-hydrogen) atoms. The number of hydrogen-bond acceptors (Lipinski definition) is 6. The molecule has 0 saturated carbocycles. The third-order valence-electron chi connectivity index (χ3n) is 5.97. The topological polar surface area (TPSA) is 71.1 Å². The summed E-state index contributed by atoms with van der Waals surface area (Å²) in [5.41, 5.74) is 0.271. The lowest BCUT2D eigenvalue weighted by atomic mass is 9.88. The highest BCUT2D eigenvalue weighted by Crippen LogP contribution is 2.33. The average Bonchev–Trinajstić information content (AvgIpc) is 3.19. The fraction of sp³-hybridized carbons (Fsp3) is 0.478. The molecule has 1 atom stereocenters. The molecular formula is C23H29N3O4S. The van der Waals surface area contributed by atoms with Gasteiger partial charge in [-0.2, -0.15) is 0 Å².